The number of nitrogens with zero attached hydrogens (tertiary/aromatic N) is 1. The molecule has 18 heavy (non-hydrogen) atoms. The zero-order valence-electron chi connectivity index (χ0n) is 9.03. The molecule has 0 atom stereocenters. The Morgan fingerprint density at radius 2 is 2.11 bits per heavy atom. The summed E-state index contributed by atoms with van der Waals surface area (Å²) in [6.07, 6.45) is -1.43. The van der Waals surface area contributed by atoms with E-state index in [9.17, 15) is 13.2 Å². The molecule has 0 aliphatic carbocycles. The summed E-state index contributed by atoms with van der Waals surface area (Å²) in [6, 6.07) is 3.72. The highest BCUT2D eigenvalue weighted by Gasteiger charge is 2.28. The van der Waals surface area contributed by atoms with E-state index in [-0.39, 0.29) is 34.1 Å². The molecule has 0 unspecified atom stereocenters. The number of hydrogen-bond acceptors (Lipinski definition) is 6. The van der Waals surface area contributed by atoms with Crippen LogP contribution in [-0.4, -0.2) is 36.4 Å². The molecule has 0 saturated heterocycles. The molecule has 0 bridgehead atoms. The van der Waals surface area contributed by atoms with Crippen LogP contribution in [0.4, 0.5) is 4.79 Å². The van der Waals surface area contributed by atoms with Crippen molar-refractivity contribution < 1.29 is 28.3 Å². The fourth-order valence-corrected chi connectivity index (χ4v) is 3.22. The minimum absolute atomic E-state index is 0.0132. The van der Waals surface area contributed by atoms with Crippen LogP contribution in [0.5, 0.6) is 5.75 Å². The summed E-state index contributed by atoms with van der Waals surface area (Å²) in [5.41, 5.74) is 0.359. The number of hydrogen-bond donors (Lipinski definition) is 2. The van der Waals surface area contributed by atoms with Gasteiger partial charge in [-0.3, -0.25) is 0 Å². The van der Waals surface area contributed by atoms with E-state index in [1.165, 1.54) is 18.2 Å². The van der Waals surface area contributed by atoms with E-state index in [1.807, 2.05) is 0 Å². The molecular formula is C10H9NO6S. The van der Waals surface area contributed by atoms with Gasteiger partial charge in [0.25, 0.3) is 0 Å². The van der Waals surface area contributed by atoms with Gasteiger partial charge in [0.2, 0.25) is 0 Å². The molecule has 1 aliphatic heterocycles. The van der Waals surface area contributed by atoms with Crippen molar-refractivity contribution in [3.05, 3.63) is 23.8 Å². The summed E-state index contributed by atoms with van der Waals surface area (Å²) < 4.78 is 28.0. The van der Waals surface area contributed by atoms with Crippen LogP contribution >= 0.6 is 0 Å². The van der Waals surface area contributed by atoms with Crippen molar-refractivity contribution in [3.63, 3.8) is 0 Å². The van der Waals surface area contributed by atoms with E-state index < -0.39 is 16.0 Å². The Hall–Kier alpha value is -2.09. The molecule has 1 aliphatic rings. The van der Waals surface area contributed by atoms with Crippen LogP contribution in [0.15, 0.2) is 28.3 Å². The van der Waals surface area contributed by atoms with E-state index in [1.54, 1.807) is 0 Å². The average Bonchev–Trinajstić information content (AvgIpc) is 2.28. The molecule has 0 spiro atoms. The first-order valence-corrected chi connectivity index (χ1v) is 6.58. The minimum Gasteiger partial charge on any atom is -0.449 e. The maximum absolute atomic E-state index is 11.8. The maximum atomic E-state index is 11.8. The molecule has 1 heterocycles. The summed E-state index contributed by atoms with van der Waals surface area (Å²) >= 11 is 0. The number of rotatable bonds is 1. The van der Waals surface area contributed by atoms with Crippen molar-refractivity contribution >= 4 is 21.7 Å². The van der Waals surface area contributed by atoms with Crippen molar-refractivity contribution in [3.8, 4) is 5.75 Å². The lowest BCUT2D eigenvalue weighted by Crippen LogP contribution is -2.22. The highest BCUT2D eigenvalue weighted by Crippen LogP contribution is 2.28. The van der Waals surface area contributed by atoms with Gasteiger partial charge >= 0.3 is 6.16 Å². The highest BCUT2D eigenvalue weighted by atomic mass is 32.2. The standard InChI is InChI=1S/C10H9NO6S/c12-10(13)17-6-1-2-9-7(5-6)8(11-14)3-4-18(9,15)16/h1-2,5,14H,3-4H2,(H,12,13). The van der Waals surface area contributed by atoms with E-state index >= 15 is 0 Å². The maximum Gasteiger partial charge on any atom is 0.511 e. The van der Waals surface area contributed by atoms with Gasteiger partial charge in [0.1, 0.15) is 5.75 Å². The second-order valence-electron chi connectivity index (χ2n) is 3.64. The molecule has 0 fully saturated rings. The smallest absolute Gasteiger partial charge is 0.449 e. The first-order chi connectivity index (χ1) is 8.44. The van der Waals surface area contributed by atoms with Gasteiger partial charge in [-0.1, -0.05) is 5.16 Å². The summed E-state index contributed by atoms with van der Waals surface area (Å²) in [4.78, 5) is 10.4. The number of ether oxygens (including phenoxy) is 1. The summed E-state index contributed by atoms with van der Waals surface area (Å²) in [5, 5.41) is 20.3. The Balaban J connectivity index is 2.58. The second kappa shape index (κ2) is 4.30. The predicted octanol–water partition coefficient (Wildman–Crippen LogP) is 1.10. The average molecular weight is 271 g/mol. The van der Waals surface area contributed by atoms with E-state index in [2.05, 4.69) is 9.89 Å². The third-order valence-electron chi connectivity index (χ3n) is 2.53. The number of carbonyl (C=O) groups is 1. The van der Waals surface area contributed by atoms with Gasteiger partial charge in [0.05, 0.1) is 16.4 Å². The fraction of sp³-hybridized carbons (Fsp3) is 0.200. The van der Waals surface area contributed by atoms with Crippen LogP contribution in [0.3, 0.4) is 0 Å². The lowest BCUT2D eigenvalue weighted by molar-refractivity contribution is 0.144. The molecule has 7 nitrogen and oxygen atoms in total. The van der Waals surface area contributed by atoms with Crippen LogP contribution < -0.4 is 4.74 Å². The molecule has 0 aromatic heterocycles. The molecule has 8 heteroatoms. The third kappa shape index (κ3) is 2.14. The lowest BCUT2D eigenvalue weighted by atomic mass is 10.1. The summed E-state index contributed by atoms with van der Waals surface area (Å²) in [6.45, 7) is 0. The first-order valence-electron chi connectivity index (χ1n) is 4.93. The van der Waals surface area contributed by atoms with Gasteiger partial charge in [-0.25, -0.2) is 13.2 Å². The normalized spacial score (nSPS) is 19.2. The zero-order chi connectivity index (χ0) is 13.3. The van der Waals surface area contributed by atoms with Gasteiger partial charge in [-0.2, -0.15) is 0 Å². The van der Waals surface area contributed by atoms with Crippen LogP contribution in [0.25, 0.3) is 0 Å². The Labute approximate surface area is 102 Å². The molecule has 2 N–H and O–H groups in total. The van der Waals surface area contributed by atoms with Crippen LogP contribution in [0.2, 0.25) is 0 Å². The molecular weight excluding hydrogens is 262 g/mol. The number of fused-ring (bicyclic) bond motifs is 1. The second-order valence-corrected chi connectivity index (χ2v) is 5.72. The van der Waals surface area contributed by atoms with Gasteiger partial charge in [-0.15, -0.1) is 0 Å². The van der Waals surface area contributed by atoms with Crippen molar-refractivity contribution in [1.82, 2.24) is 0 Å². The van der Waals surface area contributed by atoms with E-state index in [4.69, 9.17) is 10.3 Å². The van der Waals surface area contributed by atoms with Crippen LogP contribution in [-0.2, 0) is 9.84 Å². The molecule has 0 saturated carbocycles. The SMILES string of the molecule is O=C(O)Oc1ccc2c(c1)C(=NO)CCS2(=O)=O. The van der Waals surface area contributed by atoms with Crippen LogP contribution in [0, 0.1) is 0 Å². The fourth-order valence-electron chi connectivity index (χ4n) is 1.75. The number of oxime groups is 1. The van der Waals surface area contributed by atoms with Gasteiger partial charge in [0.15, 0.2) is 9.84 Å². The Morgan fingerprint density at radius 1 is 1.39 bits per heavy atom. The minimum atomic E-state index is -3.43. The highest BCUT2D eigenvalue weighted by molar-refractivity contribution is 7.91. The van der Waals surface area contributed by atoms with E-state index in [0.717, 1.165) is 0 Å². The van der Waals surface area contributed by atoms with E-state index in [0.29, 0.717) is 0 Å². The van der Waals surface area contributed by atoms with Crippen molar-refractivity contribution in [2.75, 3.05) is 5.75 Å². The molecule has 0 radical (unpaired) electrons. The number of sulfone groups is 1. The van der Waals surface area contributed by atoms with Gasteiger partial charge in [0, 0.05) is 12.0 Å². The Morgan fingerprint density at radius 3 is 2.72 bits per heavy atom. The van der Waals surface area contributed by atoms with Gasteiger partial charge < -0.3 is 15.1 Å². The summed E-state index contributed by atoms with van der Waals surface area (Å²) in [7, 11) is -3.43. The van der Waals surface area contributed by atoms with Crippen molar-refractivity contribution in [2.24, 2.45) is 5.16 Å². The molecule has 1 aromatic carbocycles. The zero-order valence-corrected chi connectivity index (χ0v) is 9.85. The number of benzene rings is 1. The van der Waals surface area contributed by atoms with Crippen molar-refractivity contribution in [2.45, 2.75) is 11.3 Å². The molecule has 2 rings (SSSR count). The summed E-state index contributed by atoms with van der Waals surface area (Å²) in [5.74, 6) is -0.169. The van der Waals surface area contributed by atoms with Crippen molar-refractivity contribution in [1.29, 1.82) is 0 Å². The van der Waals surface area contributed by atoms with Gasteiger partial charge in [-0.05, 0) is 18.2 Å². The number of carboxylic acid groups (broad SMARTS) is 1. The topological polar surface area (TPSA) is 113 Å². The Bertz CT molecular complexity index is 634. The lowest BCUT2D eigenvalue weighted by Gasteiger charge is -2.17. The first kappa shape index (κ1) is 12.4. The third-order valence-corrected chi connectivity index (χ3v) is 4.30. The largest absolute Gasteiger partial charge is 0.511 e. The quantitative estimate of drug-likeness (QED) is 0.342. The Kier molecular flexibility index (Phi) is 2.95. The molecule has 96 valence electrons. The monoisotopic (exact) mass is 271 g/mol. The predicted molar refractivity (Wildman–Crippen MR) is 60.1 cm³/mol. The van der Waals surface area contributed by atoms with Crippen LogP contribution in [0.1, 0.15) is 12.0 Å². The molecule has 0 amide bonds. The molecule has 1 aromatic rings.